The predicted molar refractivity (Wildman–Crippen MR) is 274 cm³/mol. The standard InChI is InChI=1S/C58H106O5/c1-3-5-7-9-11-13-15-17-19-21-23-24-25-26-27-28-29-30-31-32-33-34-35-37-39-41-43-45-47-49-51-53-58(61)63-56(54-59)55-62-57(60)52-50-48-46-44-42-40-38-36-22-20-18-16-14-12-10-8-6-4-2/h5,7,11,13,17,19,23-24,56,59H,3-4,6,8-10,12,14-16,18,20-22,25-55H2,1-2H3/b7-5-,13-11-,19-17-,24-23-. The molecule has 0 heterocycles. The quantitative estimate of drug-likeness (QED) is 0.0374. The summed E-state index contributed by atoms with van der Waals surface area (Å²) in [6.45, 7) is 4.07. The molecular weight excluding hydrogens is 777 g/mol. The van der Waals surface area contributed by atoms with Crippen molar-refractivity contribution < 1.29 is 24.2 Å². The summed E-state index contributed by atoms with van der Waals surface area (Å²) < 4.78 is 10.7. The van der Waals surface area contributed by atoms with Gasteiger partial charge in [0.2, 0.25) is 0 Å². The van der Waals surface area contributed by atoms with Crippen LogP contribution in [0.15, 0.2) is 48.6 Å². The number of hydrogen-bond acceptors (Lipinski definition) is 5. The van der Waals surface area contributed by atoms with Gasteiger partial charge in [-0.15, -0.1) is 0 Å². The van der Waals surface area contributed by atoms with Gasteiger partial charge in [-0.1, -0.05) is 274 Å². The number of ether oxygens (including phenoxy) is 2. The highest BCUT2D eigenvalue weighted by Crippen LogP contribution is 2.17. The third-order valence-electron chi connectivity index (χ3n) is 12.4. The summed E-state index contributed by atoms with van der Waals surface area (Å²) in [7, 11) is 0. The maximum Gasteiger partial charge on any atom is 0.306 e. The second-order valence-electron chi connectivity index (χ2n) is 18.6. The summed E-state index contributed by atoms with van der Waals surface area (Å²) in [4.78, 5) is 24.5. The number of carbonyl (C=O) groups excluding carboxylic acids is 2. The lowest BCUT2D eigenvalue weighted by Gasteiger charge is -2.15. The number of aliphatic hydroxyl groups is 1. The van der Waals surface area contributed by atoms with Gasteiger partial charge in [-0.25, -0.2) is 0 Å². The predicted octanol–water partition coefficient (Wildman–Crippen LogP) is 18.5. The fraction of sp³-hybridized carbons (Fsp3) is 0.828. The third kappa shape index (κ3) is 52.4. The first-order valence-corrected chi connectivity index (χ1v) is 27.7. The van der Waals surface area contributed by atoms with Gasteiger partial charge < -0.3 is 14.6 Å². The molecule has 0 fully saturated rings. The van der Waals surface area contributed by atoms with Gasteiger partial charge in [-0.3, -0.25) is 9.59 Å². The molecular formula is C58H106O5. The Kier molecular flexibility index (Phi) is 52.4. The molecule has 0 aliphatic heterocycles. The highest BCUT2D eigenvalue weighted by Gasteiger charge is 2.16. The summed E-state index contributed by atoms with van der Waals surface area (Å²) in [5.74, 6) is -0.574. The van der Waals surface area contributed by atoms with E-state index in [1.165, 1.54) is 205 Å². The van der Waals surface area contributed by atoms with Crippen LogP contribution in [-0.4, -0.2) is 36.4 Å². The van der Waals surface area contributed by atoms with Crippen molar-refractivity contribution in [1.82, 2.24) is 0 Å². The van der Waals surface area contributed by atoms with Crippen LogP contribution >= 0.6 is 0 Å². The van der Waals surface area contributed by atoms with Crippen LogP contribution in [0.4, 0.5) is 0 Å². The number of allylic oxidation sites excluding steroid dienone is 8. The maximum absolute atomic E-state index is 12.3. The molecule has 0 amide bonds. The van der Waals surface area contributed by atoms with Crippen LogP contribution in [0.1, 0.15) is 290 Å². The monoisotopic (exact) mass is 883 g/mol. The van der Waals surface area contributed by atoms with Gasteiger partial charge in [0, 0.05) is 12.8 Å². The molecule has 0 aromatic heterocycles. The van der Waals surface area contributed by atoms with E-state index in [0.29, 0.717) is 12.8 Å². The van der Waals surface area contributed by atoms with Gasteiger partial charge in [0.05, 0.1) is 6.61 Å². The lowest BCUT2D eigenvalue weighted by atomic mass is 10.0. The zero-order valence-electron chi connectivity index (χ0n) is 42.1. The van der Waals surface area contributed by atoms with Crippen LogP contribution < -0.4 is 0 Å². The molecule has 1 atom stereocenters. The van der Waals surface area contributed by atoms with Crippen LogP contribution in [-0.2, 0) is 19.1 Å². The van der Waals surface area contributed by atoms with Crippen LogP contribution in [0, 0.1) is 0 Å². The number of carbonyl (C=O) groups is 2. The number of rotatable bonds is 51. The second kappa shape index (κ2) is 54.2. The van der Waals surface area contributed by atoms with Crippen LogP contribution in [0.3, 0.4) is 0 Å². The first-order valence-electron chi connectivity index (χ1n) is 27.7. The number of aliphatic hydroxyl groups excluding tert-OH is 1. The highest BCUT2D eigenvalue weighted by molar-refractivity contribution is 5.70. The zero-order chi connectivity index (χ0) is 45.6. The average molecular weight is 883 g/mol. The molecule has 0 aromatic carbocycles. The Labute approximate surface area is 392 Å². The minimum absolute atomic E-state index is 0.0604. The van der Waals surface area contributed by atoms with Crippen LogP contribution in [0.2, 0.25) is 0 Å². The van der Waals surface area contributed by atoms with E-state index in [2.05, 4.69) is 62.5 Å². The Morgan fingerprint density at radius 3 is 1.03 bits per heavy atom. The van der Waals surface area contributed by atoms with Gasteiger partial charge in [-0.05, 0) is 51.4 Å². The van der Waals surface area contributed by atoms with Crippen molar-refractivity contribution in [3.05, 3.63) is 48.6 Å². The van der Waals surface area contributed by atoms with Gasteiger partial charge in [0.15, 0.2) is 6.10 Å². The Morgan fingerprint density at radius 2 is 0.683 bits per heavy atom. The van der Waals surface area contributed by atoms with E-state index < -0.39 is 6.10 Å². The van der Waals surface area contributed by atoms with Crippen molar-refractivity contribution in [3.63, 3.8) is 0 Å². The summed E-state index contributed by atoms with van der Waals surface area (Å²) in [5.41, 5.74) is 0. The van der Waals surface area contributed by atoms with E-state index in [1.807, 2.05) is 0 Å². The average Bonchev–Trinajstić information content (AvgIpc) is 3.29. The normalized spacial score (nSPS) is 12.5. The van der Waals surface area contributed by atoms with E-state index >= 15 is 0 Å². The SMILES string of the molecule is CC/C=C\C/C=C\C/C=C\C/C=C\CCCCCCCCCCCCCCCCCCCCC(=O)OC(CO)COC(=O)CCCCCCCCCCCCCCCCCCCC. The molecule has 0 rings (SSSR count). The van der Waals surface area contributed by atoms with E-state index in [-0.39, 0.29) is 25.2 Å². The van der Waals surface area contributed by atoms with E-state index in [1.54, 1.807) is 0 Å². The van der Waals surface area contributed by atoms with Crippen LogP contribution in [0.5, 0.6) is 0 Å². The molecule has 5 nitrogen and oxygen atoms in total. The molecule has 0 radical (unpaired) electrons. The fourth-order valence-electron chi connectivity index (χ4n) is 8.26. The number of hydrogen-bond donors (Lipinski definition) is 1. The maximum atomic E-state index is 12.3. The summed E-state index contributed by atoms with van der Waals surface area (Å²) >= 11 is 0. The fourth-order valence-corrected chi connectivity index (χ4v) is 8.26. The molecule has 0 aliphatic carbocycles. The van der Waals surface area contributed by atoms with Crippen molar-refractivity contribution >= 4 is 11.9 Å². The first-order chi connectivity index (χ1) is 31.1. The van der Waals surface area contributed by atoms with Gasteiger partial charge >= 0.3 is 11.9 Å². The third-order valence-corrected chi connectivity index (χ3v) is 12.4. The second-order valence-corrected chi connectivity index (χ2v) is 18.6. The molecule has 0 saturated heterocycles. The van der Waals surface area contributed by atoms with Gasteiger partial charge in [-0.2, -0.15) is 0 Å². The van der Waals surface area contributed by atoms with E-state index in [9.17, 15) is 14.7 Å². The minimum Gasteiger partial charge on any atom is -0.462 e. The van der Waals surface area contributed by atoms with Crippen molar-refractivity contribution in [2.24, 2.45) is 0 Å². The Bertz CT molecular complexity index is 1040. The first kappa shape index (κ1) is 60.9. The number of esters is 2. The molecule has 63 heavy (non-hydrogen) atoms. The van der Waals surface area contributed by atoms with Crippen molar-refractivity contribution in [3.8, 4) is 0 Å². The van der Waals surface area contributed by atoms with Crippen LogP contribution in [0.25, 0.3) is 0 Å². The summed E-state index contributed by atoms with van der Waals surface area (Å²) in [6.07, 6.45) is 70.8. The lowest BCUT2D eigenvalue weighted by Crippen LogP contribution is -2.28. The molecule has 0 aliphatic rings. The molecule has 0 aromatic rings. The van der Waals surface area contributed by atoms with Crippen molar-refractivity contribution in [2.75, 3.05) is 13.2 Å². The number of unbranched alkanes of at least 4 members (excludes halogenated alkanes) is 35. The molecule has 368 valence electrons. The molecule has 5 heteroatoms. The Morgan fingerprint density at radius 1 is 0.381 bits per heavy atom. The van der Waals surface area contributed by atoms with Crippen molar-refractivity contribution in [2.45, 2.75) is 296 Å². The molecule has 1 N–H and O–H groups in total. The molecule has 0 saturated carbocycles. The van der Waals surface area contributed by atoms with E-state index in [4.69, 9.17) is 9.47 Å². The topological polar surface area (TPSA) is 72.8 Å². The molecule has 0 spiro atoms. The summed E-state index contributed by atoms with van der Waals surface area (Å²) in [6, 6.07) is 0. The molecule has 0 bridgehead atoms. The lowest BCUT2D eigenvalue weighted by molar-refractivity contribution is -0.161. The molecule has 1 unspecified atom stereocenters. The van der Waals surface area contributed by atoms with Gasteiger partial charge in [0.25, 0.3) is 0 Å². The zero-order valence-corrected chi connectivity index (χ0v) is 42.1. The Balaban J connectivity index is 3.43. The smallest absolute Gasteiger partial charge is 0.306 e. The Hall–Kier alpha value is -2.14. The minimum atomic E-state index is -0.769. The van der Waals surface area contributed by atoms with Crippen molar-refractivity contribution in [1.29, 1.82) is 0 Å². The largest absolute Gasteiger partial charge is 0.462 e. The summed E-state index contributed by atoms with van der Waals surface area (Å²) in [5, 5.41) is 9.64. The van der Waals surface area contributed by atoms with E-state index in [0.717, 1.165) is 57.8 Å². The van der Waals surface area contributed by atoms with Gasteiger partial charge in [0.1, 0.15) is 6.61 Å². The highest BCUT2D eigenvalue weighted by atomic mass is 16.6.